The van der Waals surface area contributed by atoms with Gasteiger partial charge in [0.25, 0.3) is 0 Å². The Labute approximate surface area is 115 Å². The van der Waals surface area contributed by atoms with E-state index in [2.05, 4.69) is 12.2 Å². The van der Waals surface area contributed by atoms with Crippen LogP contribution in [0.4, 0.5) is 4.79 Å². The van der Waals surface area contributed by atoms with Crippen LogP contribution in [0, 0.1) is 5.41 Å². The summed E-state index contributed by atoms with van der Waals surface area (Å²) in [4.78, 5) is 25.2. The molecule has 2 N–H and O–H groups in total. The van der Waals surface area contributed by atoms with E-state index >= 15 is 0 Å². The highest BCUT2D eigenvalue weighted by atomic mass is 16.4. The number of aliphatic carboxylic acids is 1. The maximum Gasteiger partial charge on any atom is 0.327 e. The van der Waals surface area contributed by atoms with E-state index in [1.807, 2.05) is 20.8 Å². The molecule has 19 heavy (non-hydrogen) atoms. The van der Waals surface area contributed by atoms with Gasteiger partial charge in [0.2, 0.25) is 0 Å². The van der Waals surface area contributed by atoms with Gasteiger partial charge in [-0.25, -0.2) is 9.59 Å². The van der Waals surface area contributed by atoms with Crippen molar-refractivity contribution in [3.8, 4) is 0 Å². The summed E-state index contributed by atoms with van der Waals surface area (Å²) in [5.41, 5.74) is -0.380. The number of urea groups is 1. The van der Waals surface area contributed by atoms with Crippen LogP contribution in [0.5, 0.6) is 0 Å². The molecule has 0 saturated carbocycles. The molecule has 5 heteroatoms. The van der Waals surface area contributed by atoms with Gasteiger partial charge in [-0.3, -0.25) is 0 Å². The molecule has 0 aliphatic carbocycles. The molecular formula is C14H26N2O3. The number of amides is 2. The van der Waals surface area contributed by atoms with E-state index in [1.54, 1.807) is 0 Å². The van der Waals surface area contributed by atoms with Crippen molar-refractivity contribution in [2.75, 3.05) is 6.54 Å². The minimum atomic E-state index is -0.914. The van der Waals surface area contributed by atoms with Gasteiger partial charge in [-0.15, -0.1) is 0 Å². The first-order valence-corrected chi connectivity index (χ1v) is 7.09. The van der Waals surface area contributed by atoms with Crippen LogP contribution in [0.2, 0.25) is 0 Å². The lowest BCUT2D eigenvalue weighted by Gasteiger charge is -2.44. The molecule has 1 saturated heterocycles. The Balaban J connectivity index is 2.78. The summed E-state index contributed by atoms with van der Waals surface area (Å²) in [6.45, 7) is 8.37. The molecule has 0 aromatic heterocycles. The van der Waals surface area contributed by atoms with E-state index in [1.165, 1.54) is 4.90 Å². The second-order valence-electron chi connectivity index (χ2n) is 6.17. The standard InChI is InChI=1S/C14H26N2O3/c1-5-7-10(2)15-13(19)16-9-6-8-14(3,4)11(16)12(17)18/h10-11H,5-9H2,1-4H3,(H,15,19)(H,17,18). The minimum absolute atomic E-state index is 0.0805. The number of likely N-dealkylation sites (tertiary alicyclic amines) is 1. The van der Waals surface area contributed by atoms with Gasteiger partial charge in [0, 0.05) is 12.6 Å². The lowest BCUT2D eigenvalue weighted by atomic mass is 9.76. The van der Waals surface area contributed by atoms with Crippen molar-refractivity contribution in [1.29, 1.82) is 0 Å². The summed E-state index contributed by atoms with van der Waals surface area (Å²) in [5, 5.41) is 12.3. The highest BCUT2D eigenvalue weighted by Crippen LogP contribution is 2.35. The van der Waals surface area contributed by atoms with Gasteiger partial charge in [0.1, 0.15) is 6.04 Å². The number of piperidine rings is 1. The fraction of sp³-hybridized carbons (Fsp3) is 0.857. The van der Waals surface area contributed by atoms with Crippen LogP contribution >= 0.6 is 0 Å². The molecule has 0 aromatic rings. The van der Waals surface area contributed by atoms with E-state index in [0.717, 1.165) is 25.7 Å². The zero-order valence-corrected chi connectivity index (χ0v) is 12.4. The van der Waals surface area contributed by atoms with Crippen LogP contribution in [-0.2, 0) is 4.79 Å². The number of carboxylic acids is 1. The Morgan fingerprint density at radius 2 is 2.11 bits per heavy atom. The van der Waals surface area contributed by atoms with Gasteiger partial charge in [0.15, 0.2) is 0 Å². The molecular weight excluding hydrogens is 244 g/mol. The number of hydrogen-bond donors (Lipinski definition) is 2. The van der Waals surface area contributed by atoms with Crippen molar-refractivity contribution < 1.29 is 14.7 Å². The van der Waals surface area contributed by atoms with E-state index in [-0.39, 0.29) is 17.5 Å². The predicted molar refractivity (Wildman–Crippen MR) is 74.0 cm³/mol. The summed E-state index contributed by atoms with van der Waals surface area (Å²) < 4.78 is 0. The largest absolute Gasteiger partial charge is 0.480 e. The van der Waals surface area contributed by atoms with Gasteiger partial charge < -0.3 is 15.3 Å². The molecule has 110 valence electrons. The molecule has 0 spiro atoms. The number of nitrogens with one attached hydrogen (secondary N) is 1. The highest BCUT2D eigenvalue weighted by molar-refractivity contribution is 5.83. The molecule has 1 fully saturated rings. The smallest absolute Gasteiger partial charge is 0.327 e. The topological polar surface area (TPSA) is 69.6 Å². The van der Waals surface area contributed by atoms with E-state index in [0.29, 0.717) is 6.54 Å². The Morgan fingerprint density at radius 3 is 2.63 bits per heavy atom. The summed E-state index contributed by atoms with van der Waals surface area (Å²) >= 11 is 0. The minimum Gasteiger partial charge on any atom is -0.480 e. The molecule has 1 aliphatic rings. The molecule has 1 aliphatic heterocycles. The van der Waals surface area contributed by atoms with Crippen LogP contribution in [0.25, 0.3) is 0 Å². The first-order chi connectivity index (χ1) is 8.79. The summed E-state index contributed by atoms with van der Waals surface area (Å²) in [6.07, 6.45) is 3.58. The average Bonchev–Trinajstić information content (AvgIpc) is 2.26. The van der Waals surface area contributed by atoms with Gasteiger partial charge in [0.05, 0.1) is 0 Å². The average molecular weight is 270 g/mol. The number of carbonyl (C=O) groups is 2. The molecule has 1 heterocycles. The van der Waals surface area contributed by atoms with E-state index in [9.17, 15) is 14.7 Å². The molecule has 2 atom stereocenters. The highest BCUT2D eigenvalue weighted by Gasteiger charge is 2.44. The number of hydrogen-bond acceptors (Lipinski definition) is 2. The first kappa shape index (κ1) is 15.8. The monoisotopic (exact) mass is 270 g/mol. The number of carbonyl (C=O) groups excluding carboxylic acids is 1. The normalized spacial score (nSPS) is 23.8. The predicted octanol–water partition coefficient (Wildman–Crippen LogP) is 2.46. The van der Waals surface area contributed by atoms with Crippen LogP contribution in [0.15, 0.2) is 0 Å². The van der Waals surface area contributed by atoms with Crippen molar-refractivity contribution in [3.63, 3.8) is 0 Å². The quantitative estimate of drug-likeness (QED) is 0.824. The molecule has 0 aromatic carbocycles. The van der Waals surface area contributed by atoms with Gasteiger partial charge in [-0.1, -0.05) is 27.2 Å². The van der Waals surface area contributed by atoms with E-state index < -0.39 is 12.0 Å². The maximum absolute atomic E-state index is 12.2. The molecule has 1 rings (SSSR count). The maximum atomic E-state index is 12.2. The molecule has 2 amide bonds. The lowest BCUT2D eigenvalue weighted by Crippen LogP contribution is -2.59. The van der Waals surface area contributed by atoms with Crippen LogP contribution < -0.4 is 5.32 Å². The fourth-order valence-electron chi connectivity index (χ4n) is 2.88. The Morgan fingerprint density at radius 1 is 1.47 bits per heavy atom. The van der Waals surface area contributed by atoms with Crippen LogP contribution in [0.3, 0.4) is 0 Å². The number of carboxylic acid groups (broad SMARTS) is 1. The summed E-state index contributed by atoms with van der Waals surface area (Å²) in [5.74, 6) is -0.914. The van der Waals surface area contributed by atoms with Crippen molar-refractivity contribution in [3.05, 3.63) is 0 Å². The summed E-state index contributed by atoms with van der Waals surface area (Å²) in [6, 6.07) is -0.909. The van der Waals surface area contributed by atoms with Gasteiger partial charge >= 0.3 is 12.0 Å². The Kier molecular flexibility index (Phi) is 5.20. The molecule has 0 bridgehead atoms. The zero-order chi connectivity index (χ0) is 14.6. The van der Waals surface area contributed by atoms with Crippen LogP contribution in [0.1, 0.15) is 53.4 Å². The molecule has 0 radical (unpaired) electrons. The zero-order valence-electron chi connectivity index (χ0n) is 12.4. The number of rotatable bonds is 4. The Bertz CT molecular complexity index is 342. The van der Waals surface area contributed by atoms with Gasteiger partial charge in [-0.05, 0) is 31.6 Å². The van der Waals surface area contributed by atoms with E-state index in [4.69, 9.17) is 0 Å². The van der Waals surface area contributed by atoms with Crippen molar-refractivity contribution in [2.45, 2.75) is 65.5 Å². The summed E-state index contributed by atoms with van der Waals surface area (Å²) in [7, 11) is 0. The fourth-order valence-corrected chi connectivity index (χ4v) is 2.88. The molecule has 2 unspecified atom stereocenters. The SMILES string of the molecule is CCCC(C)NC(=O)N1CCCC(C)(C)C1C(=O)O. The van der Waals surface area contributed by atoms with Crippen molar-refractivity contribution in [1.82, 2.24) is 10.2 Å². The first-order valence-electron chi connectivity index (χ1n) is 7.09. The van der Waals surface area contributed by atoms with Gasteiger partial charge in [-0.2, -0.15) is 0 Å². The second-order valence-corrected chi connectivity index (χ2v) is 6.17. The van der Waals surface area contributed by atoms with Crippen LogP contribution in [-0.4, -0.2) is 40.6 Å². The molecule has 5 nitrogen and oxygen atoms in total. The Hall–Kier alpha value is -1.26. The number of nitrogens with zero attached hydrogens (tertiary/aromatic N) is 1. The van der Waals surface area contributed by atoms with Crippen molar-refractivity contribution >= 4 is 12.0 Å². The lowest BCUT2D eigenvalue weighted by molar-refractivity contribution is -0.148. The third-order valence-corrected chi connectivity index (χ3v) is 3.86. The third-order valence-electron chi connectivity index (χ3n) is 3.86. The third kappa shape index (κ3) is 3.85. The van der Waals surface area contributed by atoms with Crippen molar-refractivity contribution in [2.24, 2.45) is 5.41 Å². The second kappa shape index (κ2) is 6.26.